The number of carbonyl (C=O) groups is 2. The normalized spacial score (nSPS) is 11.8. The van der Waals surface area contributed by atoms with Crippen molar-refractivity contribution in [2.45, 2.75) is 96.4 Å². The highest BCUT2D eigenvalue weighted by molar-refractivity contribution is 5.84. The number of nitrogens with one attached hydrogen (secondary N) is 1. The van der Waals surface area contributed by atoms with Gasteiger partial charge in [0.2, 0.25) is 5.91 Å². The van der Waals surface area contributed by atoms with Crippen molar-refractivity contribution >= 4 is 11.9 Å². The van der Waals surface area contributed by atoms with Gasteiger partial charge in [0, 0.05) is 12.8 Å². The second-order valence-corrected chi connectivity index (χ2v) is 7.80. The van der Waals surface area contributed by atoms with Gasteiger partial charge >= 0.3 is 5.97 Å². The Kier molecular flexibility index (Phi) is 13.6. The van der Waals surface area contributed by atoms with Crippen molar-refractivity contribution in [2.24, 2.45) is 0 Å². The molecule has 0 fully saturated rings. The van der Waals surface area contributed by atoms with Crippen LogP contribution in [-0.4, -0.2) is 30.1 Å². The molecule has 0 aliphatic rings. The van der Waals surface area contributed by atoms with Gasteiger partial charge in [-0.3, -0.25) is 4.79 Å². The molecule has 1 aromatic carbocycles. The highest BCUT2D eigenvalue weighted by atomic mass is 16.5. The predicted molar refractivity (Wildman–Crippen MR) is 117 cm³/mol. The zero-order valence-corrected chi connectivity index (χ0v) is 18.3. The van der Waals surface area contributed by atoms with E-state index in [0.29, 0.717) is 12.8 Å². The molecule has 164 valence electrons. The van der Waals surface area contributed by atoms with E-state index in [0.717, 1.165) is 24.8 Å². The Balaban J connectivity index is 2.18. The van der Waals surface area contributed by atoms with Gasteiger partial charge in [-0.2, -0.15) is 0 Å². The second-order valence-electron chi connectivity index (χ2n) is 7.80. The van der Waals surface area contributed by atoms with Crippen LogP contribution in [0.5, 0.6) is 5.75 Å². The maximum Gasteiger partial charge on any atom is 0.328 e. The van der Waals surface area contributed by atoms with E-state index >= 15 is 0 Å². The van der Waals surface area contributed by atoms with E-state index in [4.69, 9.17) is 4.74 Å². The lowest BCUT2D eigenvalue weighted by Gasteiger charge is -2.16. The van der Waals surface area contributed by atoms with E-state index in [1.54, 1.807) is 24.3 Å². The van der Waals surface area contributed by atoms with Crippen LogP contribution in [0.2, 0.25) is 0 Å². The van der Waals surface area contributed by atoms with Gasteiger partial charge in [-0.05, 0) is 24.1 Å². The summed E-state index contributed by atoms with van der Waals surface area (Å²) in [6.45, 7) is 2.24. The molecule has 0 unspecified atom stereocenters. The standard InChI is InChI=1S/C24H39NO4/c1-3-4-5-6-7-8-9-10-11-12-13-14-23(27)25-22(24(28)29-2)19-20-15-17-21(26)18-16-20/h15-18,22,26H,3-14,19H2,1-2H3,(H,25,27)/t22-/m1/s1. The lowest BCUT2D eigenvalue weighted by molar-refractivity contribution is -0.145. The molecule has 1 amide bonds. The number of phenolic OH excluding ortho intramolecular Hbond substituents is 1. The van der Waals surface area contributed by atoms with E-state index in [-0.39, 0.29) is 11.7 Å². The number of unbranched alkanes of at least 4 members (excludes halogenated alkanes) is 10. The van der Waals surface area contributed by atoms with E-state index in [1.165, 1.54) is 58.5 Å². The van der Waals surface area contributed by atoms with Crippen LogP contribution in [0, 0.1) is 0 Å². The Morgan fingerprint density at radius 1 is 0.897 bits per heavy atom. The van der Waals surface area contributed by atoms with Gasteiger partial charge in [-0.15, -0.1) is 0 Å². The number of rotatable bonds is 16. The Labute approximate surface area is 176 Å². The second kappa shape index (κ2) is 15.8. The van der Waals surface area contributed by atoms with Gasteiger partial charge in [0.15, 0.2) is 0 Å². The van der Waals surface area contributed by atoms with Gasteiger partial charge < -0.3 is 15.2 Å². The summed E-state index contributed by atoms with van der Waals surface area (Å²) >= 11 is 0. The van der Waals surface area contributed by atoms with Crippen LogP contribution >= 0.6 is 0 Å². The summed E-state index contributed by atoms with van der Waals surface area (Å²) in [5, 5.41) is 12.2. The summed E-state index contributed by atoms with van der Waals surface area (Å²) in [5.74, 6) is -0.399. The number of hydrogen-bond acceptors (Lipinski definition) is 4. The van der Waals surface area contributed by atoms with Crippen molar-refractivity contribution in [1.82, 2.24) is 5.32 Å². The van der Waals surface area contributed by atoms with Gasteiger partial charge in [0.25, 0.3) is 0 Å². The van der Waals surface area contributed by atoms with E-state index in [2.05, 4.69) is 12.2 Å². The molecule has 2 N–H and O–H groups in total. The predicted octanol–water partition coefficient (Wildman–Crippen LogP) is 5.29. The lowest BCUT2D eigenvalue weighted by atomic mass is 10.0. The first-order chi connectivity index (χ1) is 14.1. The summed E-state index contributed by atoms with van der Waals surface area (Å²) in [5.41, 5.74) is 0.855. The maximum absolute atomic E-state index is 12.2. The molecule has 0 aromatic heterocycles. The van der Waals surface area contributed by atoms with Crippen LogP contribution in [0.1, 0.15) is 89.5 Å². The minimum Gasteiger partial charge on any atom is -0.508 e. The van der Waals surface area contributed by atoms with E-state index in [1.807, 2.05) is 0 Å². The molecule has 0 heterocycles. The van der Waals surface area contributed by atoms with Crippen molar-refractivity contribution in [3.63, 3.8) is 0 Å². The van der Waals surface area contributed by atoms with Gasteiger partial charge in [-0.1, -0.05) is 83.3 Å². The smallest absolute Gasteiger partial charge is 0.328 e. The van der Waals surface area contributed by atoms with Crippen molar-refractivity contribution in [2.75, 3.05) is 7.11 Å². The van der Waals surface area contributed by atoms with Crippen molar-refractivity contribution in [3.8, 4) is 5.75 Å². The van der Waals surface area contributed by atoms with Crippen LogP contribution in [0.3, 0.4) is 0 Å². The molecule has 29 heavy (non-hydrogen) atoms. The lowest BCUT2D eigenvalue weighted by Crippen LogP contribution is -2.43. The molecule has 5 heteroatoms. The SMILES string of the molecule is CCCCCCCCCCCCCC(=O)N[C@H](Cc1ccc(O)cc1)C(=O)OC. The fourth-order valence-electron chi connectivity index (χ4n) is 3.42. The molecule has 5 nitrogen and oxygen atoms in total. The number of esters is 1. The monoisotopic (exact) mass is 405 g/mol. The van der Waals surface area contributed by atoms with E-state index < -0.39 is 12.0 Å². The van der Waals surface area contributed by atoms with Crippen molar-refractivity contribution < 1.29 is 19.4 Å². The number of methoxy groups -OCH3 is 1. The fourth-order valence-corrected chi connectivity index (χ4v) is 3.42. The van der Waals surface area contributed by atoms with Crippen LogP contribution in [0.25, 0.3) is 0 Å². The minimum atomic E-state index is -0.704. The molecule has 0 saturated carbocycles. The van der Waals surface area contributed by atoms with Crippen molar-refractivity contribution in [3.05, 3.63) is 29.8 Å². The summed E-state index contributed by atoms with van der Waals surface area (Å²) in [6, 6.07) is 5.90. The van der Waals surface area contributed by atoms with Crippen LogP contribution in [0.15, 0.2) is 24.3 Å². The van der Waals surface area contributed by atoms with Gasteiger partial charge in [0.05, 0.1) is 7.11 Å². The van der Waals surface area contributed by atoms with Crippen molar-refractivity contribution in [1.29, 1.82) is 0 Å². The quantitative estimate of drug-likeness (QED) is 0.289. The largest absolute Gasteiger partial charge is 0.508 e. The zero-order valence-electron chi connectivity index (χ0n) is 18.3. The Hall–Kier alpha value is -2.04. The fraction of sp³-hybridized carbons (Fsp3) is 0.667. The molecule has 1 aromatic rings. The third-order valence-corrected chi connectivity index (χ3v) is 5.20. The number of carbonyl (C=O) groups excluding carboxylic acids is 2. The Morgan fingerprint density at radius 2 is 1.41 bits per heavy atom. The maximum atomic E-state index is 12.2. The van der Waals surface area contributed by atoms with Gasteiger partial charge in [0.1, 0.15) is 11.8 Å². The number of benzene rings is 1. The summed E-state index contributed by atoms with van der Waals surface area (Å²) < 4.78 is 4.82. The molecular weight excluding hydrogens is 366 g/mol. The summed E-state index contributed by atoms with van der Waals surface area (Å²) in [6.07, 6.45) is 14.4. The highest BCUT2D eigenvalue weighted by Crippen LogP contribution is 2.13. The average Bonchev–Trinajstić information content (AvgIpc) is 2.72. The molecule has 0 spiro atoms. The molecule has 1 rings (SSSR count). The third kappa shape index (κ3) is 12.2. The van der Waals surface area contributed by atoms with Crippen LogP contribution in [-0.2, 0) is 20.7 Å². The first-order valence-electron chi connectivity index (χ1n) is 11.2. The molecule has 0 saturated heterocycles. The molecule has 0 aliphatic heterocycles. The Bertz CT molecular complexity index is 571. The molecular formula is C24H39NO4. The molecule has 1 atom stereocenters. The average molecular weight is 406 g/mol. The minimum absolute atomic E-state index is 0.116. The third-order valence-electron chi connectivity index (χ3n) is 5.20. The highest BCUT2D eigenvalue weighted by Gasteiger charge is 2.21. The number of phenols is 1. The Morgan fingerprint density at radius 3 is 1.93 bits per heavy atom. The zero-order chi connectivity index (χ0) is 21.3. The number of aromatic hydroxyl groups is 1. The number of hydrogen-bond donors (Lipinski definition) is 2. The van der Waals surface area contributed by atoms with Gasteiger partial charge in [-0.25, -0.2) is 4.79 Å². The number of ether oxygens (including phenoxy) is 1. The topological polar surface area (TPSA) is 75.6 Å². The first-order valence-corrected chi connectivity index (χ1v) is 11.2. The molecule has 0 radical (unpaired) electrons. The number of amides is 1. The van der Waals surface area contributed by atoms with Crippen LogP contribution in [0.4, 0.5) is 0 Å². The summed E-state index contributed by atoms with van der Waals surface area (Å²) in [7, 11) is 1.32. The summed E-state index contributed by atoms with van der Waals surface area (Å²) in [4.78, 5) is 24.2. The molecule has 0 bridgehead atoms. The van der Waals surface area contributed by atoms with Crippen LogP contribution < -0.4 is 5.32 Å². The molecule has 0 aliphatic carbocycles. The first kappa shape index (κ1) is 25.0. The van der Waals surface area contributed by atoms with E-state index in [9.17, 15) is 14.7 Å².